The summed E-state index contributed by atoms with van der Waals surface area (Å²) in [5.41, 5.74) is 1.07. The second kappa shape index (κ2) is 11.8. The van der Waals surface area contributed by atoms with Gasteiger partial charge < -0.3 is 19.9 Å². The van der Waals surface area contributed by atoms with Gasteiger partial charge in [-0.15, -0.1) is 24.0 Å². The van der Waals surface area contributed by atoms with E-state index >= 15 is 0 Å². The number of hydrogen-bond donors (Lipinski definition) is 1. The third kappa shape index (κ3) is 6.18. The van der Waals surface area contributed by atoms with Crippen molar-refractivity contribution in [1.29, 1.82) is 0 Å². The number of anilines is 1. The highest BCUT2D eigenvalue weighted by molar-refractivity contribution is 14.0. The normalized spacial score (nSPS) is 17.5. The first-order valence-corrected chi connectivity index (χ1v) is 11.7. The van der Waals surface area contributed by atoms with Crippen molar-refractivity contribution in [2.24, 2.45) is 4.99 Å². The predicted molar refractivity (Wildman–Crippen MR) is 136 cm³/mol. The molecule has 2 aromatic rings. The van der Waals surface area contributed by atoms with Gasteiger partial charge in [0.1, 0.15) is 11.9 Å². The summed E-state index contributed by atoms with van der Waals surface area (Å²) in [5.74, 6) is 2.60. The number of nitrogens with zero attached hydrogens (tertiary/aromatic N) is 6. The zero-order chi connectivity index (χ0) is 20.8. The van der Waals surface area contributed by atoms with E-state index in [-0.39, 0.29) is 24.0 Å². The van der Waals surface area contributed by atoms with Crippen LogP contribution in [0.1, 0.15) is 44.0 Å². The first-order valence-electron chi connectivity index (χ1n) is 10.9. The lowest BCUT2D eigenvalue weighted by atomic mass is 10.2. The fraction of sp³-hybridized carbons (Fsp3) is 0.619. The molecule has 31 heavy (non-hydrogen) atoms. The van der Waals surface area contributed by atoms with Gasteiger partial charge in [0.2, 0.25) is 11.0 Å². The maximum absolute atomic E-state index is 6.17. The van der Waals surface area contributed by atoms with Crippen LogP contribution in [0.5, 0.6) is 5.88 Å². The van der Waals surface area contributed by atoms with Crippen molar-refractivity contribution in [3.05, 3.63) is 29.7 Å². The number of pyridine rings is 1. The van der Waals surface area contributed by atoms with Crippen molar-refractivity contribution < 1.29 is 4.74 Å². The summed E-state index contributed by atoms with van der Waals surface area (Å²) in [4.78, 5) is 18.2. The molecular weight excluding hydrogens is 525 g/mol. The molecule has 4 rings (SSSR count). The number of aromatic nitrogens is 3. The monoisotopic (exact) mass is 557 g/mol. The number of nitrogens with one attached hydrogen (secondary N) is 1. The van der Waals surface area contributed by atoms with E-state index in [4.69, 9.17) is 4.74 Å². The lowest BCUT2D eigenvalue weighted by Crippen LogP contribution is -2.52. The Hall–Kier alpha value is -1.69. The van der Waals surface area contributed by atoms with Crippen molar-refractivity contribution in [3.63, 3.8) is 0 Å². The van der Waals surface area contributed by atoms with Crippen LogP contribution >= 0.6 is 35.5 Å². The standard InChI is InChI=1S/C21H31N7OS.HI/c1-3-18-25-21(30-26-18)28-13-11-27(12-14-28)20(22-2)24-15-16-7-6-10-23-19(16)29-17-8-4-5-9-17;/h6-7,10,17H,3-5,8-9,11-15H2,1-2H3,(H,22,24);1H. The van der Waals surface area contributed by atoms with E-state index < -0.39 is 0 Å². The SMILES string of the molecule is CCc1nsc(N2CCN(C(=NC)NCc3cccnc3OC3CCCC3)CC2)n1.I. The minimum atomic E-state index is 0. The summed E-state index contributed by atoms with van der Waals surface area (Å²) >= 11 is 1.50. The van der Waals surface area contributed by atoms with E-state index in [1.54, 1.807) is 6.20 Å². The second-order valence-electron chi connectivity index (χ2n) is 7.71. The highest BCUT2D eigenvalue weighted by Gasteiger charge is 2.23. The molecule has 0 bridgehead atoms. The fourth-order valence-corrected chi connectivity index (χ4v) is 4.76. The van der Waals surface area contributed by atoms with Gasteiger partial charge in [-0.25, -0.2) is 9.97 Å². The largest absolute Gasteiger partial charge is 0.474 e. The number of guanidine groups is 1. The minimum absolute atomic E-state index is 0. The Morgan fingerprint density at radius 3 is 2.71 bits per heavy atom. The van der Waals surface area contributed by atoms with E-state index in [2.05, 4.69) is 47.4 Å². The molecule has 3 heterocycles. The van der Waals surface area contributed by atoms with Crippen LogP contribution in [0.4, 0.5) is 5.13 Å². The fourth-order valence-electron chi connectivity index (χ4n) is 3.96. The molecule has 0 unspecified atom stereocenters. The Morgan fingerprint density at radius 1 is 1.26 bits per heavy atom. The number of rotatable bonds is 6. The number of halogens is 1. The molecule has 2 aromatic heterocycles. The molecule has 10 heteroatoms. The summed E-state index contributed by atoms with van der Waals surface area (Å²) in [6.45, 7) is 6.38. The van der Waals surface area contributed by atoms with Gasteiger partial charge in [0.25, 0.3) is 0 Å². The zero-order valence-corrected chi connectivity index (χ0v) is 21.4. The van der Waals surface area contributed by atoms with Crippen molar-refractivity contribution in [3.8, 4) is 5.88 Å². The molecule has 1 aliphatic carbocycles. The molecule has 0 spiro atoms. The second-order valence-corrected chi connectivity index (χ2v) is 8.44. The van der Waals surface area contributed by atoms with E-state index in [9.17, 15) is 0 Å². The summed E-state index contributed by atoms with van der Waals surface area (Å²) in [5, 5.41) is 4.53. The molecule has 1 saturated carbocycles. The highest BCUT2D eigenvalue weighted by atomic mass is 127. The molecule has 0 radical (unpaired) electrons. The molecule has 1 saturated heterocycles. The van der Waals surface area contributed by atoms with Gasteiger partial charge in [-0.3, -0.25) is 4.99 Å². The number of aliphatic imine (C=N–C) groups is 1. The van der Waals surface area contributed by atoms with E-state index in [1.165, 1.54) is 24.4 Å². The third-order valence-corrected chi connectivity index (χ3v) is 6.52. The molecule has 0 amide bonds. The van der Waals surface area contributed by atoms with Crippen LogP contribution in [-0.2, 0) is 13.0 Å². The first-order chi connectivity index (χ1) is 14.8. The summed E-state index contributed by atoms with van der Waals surface area (Å²) in [7, 11) is 1.84. The number of aryl methyl sites for hydroxylation is 1. The number of piperazine rings is 1. The summed E-state index contributed by atoms with van der Waals surface area (Å²) in [6.07, 6.45) is 7.75. The molecule has 1 aliphatic heterocycles. The van der Waals surface area contributed by atoms with Crippen LogP contribution in [0.2, 0.25) is 0 Å². The average Bonchev–Trinajstić information content (AvgIpc) is 3.48. The average molecular weight is 558 g/mol. The van der Waals surface area contributed by atoms with Crippen molar-refractivity contribution in [1.82, 2.24) is 24.6 Å². The van der Waals surface area contributed by atoms with Crippen molar-refractivity contribution in [2.75, 3.05) is 38.1 Å². The predicted octanol–water partition coefficient (Wildman–Crippen LogP) is 3.33. The van der Waals surface area contributed by atoms with Gasteiger partial charge in [0.15, 0.2) is 5.96 Å². The third-order valence-electron chi connectivity index (χ3n) is 5.70. The molecular formula is C21H32IN7OS. The number of hydrogen-bond acceptors (Lipinski definition) is 7. The minimum Gasteiger partial charge on any atom is -0.474 e. The molecule has 1 N–H and O–H groups in total. The molecule has 170 valence electrons. The molecule has 2 aliphatic rings. The van der Waals surface area contributed by atoms with Gasteiger partial charge >= 0.3 is 0 Å². The Kier molecular flexibility index (Phi) is 9.12. The Morgan fingerprint density at radius 2 is 2.03 bits per heavy atom. The van der Waals surface area contributed by atoms with Crippen LogP contribution in [0.15, 0.2) is 23.3 Å². The lowest BCUT2D eigenvalue weighted by Gasteiger charge is -2.36. The topological polar surface area (TPSA) is 78.8 Å². The summed E-state index contributed by atoms with van der Waals surface area (Å²) < 4.78 is 10.6. The smallest absolute Gasteiger partial charge is 0.218 e. The van der Waals surface area contributed by atoms with E-state index in [0.717, 1.165) is 73.8 Å². The van der Waals surface area contributed by atoms with Crippen LogP contribution in [0.25, 0.3) is 0 Å². The van der Waals surface area contributed by atoms with Gasteiger partial charge in [-0.05, 0) is 31.7 Å². The van der Waals surface area contributed by atoms with Crippen LogP contribution < -0.4 is 15.0 Å². The summed E-state index contributed by atoms with van der Waals surface area (Å²) in [6, 6.07) is 4.04. The van der Waals surface area contributed by atoms with Gasteiger partial charge in [0.05, 0.1) is 0 Å². The highest BCUT2D eigenvalue weighted by Crippen LogP contribution is 2.25. The zero-order valence-electron chi connectivity index (χ0n) is 18.3. The van der Waals surface area contributed by atoms with Crippen LogP contribution in [-0.4, -0.2) is 64.5 Å². The maximum Gasteiger partial charge on any atom is 0.218 e. The molecule has 2 fully saturated rings. The Balaban J connectivity index is 0.00000272. The van der Waals surface area contributed by atoms with Crippen LogP contribution in [0, 0.1) is 0 Å². The first kappa shape index (κ1) is 24.0. The maximum atomic E-state index is 6.17. The number of ether oxygens (including phenoxy) is 1. The van der Waals surface area contributed by atoms with Crippen molar-refractivity contribution in [2.45, 2.75) is 51.7 Å². The van der Waals surface area contributed by atoms with Gasteiger partial charge in [-0.1, -0.05) is 13.0 Å². The van der Waals surface area contributed by atoms with Gasteiger partial charge in [-0.2, -0.15) is 4.37 Å². The van der Waals surface area contributed by atoms with E-state index in [1.807, 2.05) is 13.1 Å². The van der Waals surface area contributed by atoms with Gasteiger partial charge in [0, 0.05) is 69.5 Å². The van der Waals surface area contributed by atoms with Crippen LogP contribution in [0.3, 0.4) is 0 Å². The quantitative estimate of drug-likeness (QED) is 0.332. The Bertz CT molecular complexity index is 848. The molecule has 0 atom stereocenters. The molecule has 0 aromatic carbocycles. The Labute approximate surface area is 205 Å². The van der Waals surface area contributed by atoms with Crippen molar-refractivity contribution >= 4 is 46.6 Å². The van der Waals surface area contributed by atoms with E-state index in [0.29, 0.717) is 12.6 Å². The molecule has 8 nitrogen and oxygen atoms in total. The lowest BCUT2D eigenvalue weighted by molar-refractivity contribution is 0.199.